The summed E-state index contributed by atoms with van der Waals surface area (Å²) >= 11 is 0. The summed E-state index contributed by atoms with van der Waals surface area (Å²) in [4.78, 5) is 12.5. The lowest BCUT2D eigenvalue weighted by atomic mass is 9.84. The van der Waals surface area contributed by atoms with Gasteiger partial charge in [-0.2, -0.15) is 0 Å². The summed E-state index contributed by atoms with van der Waals surface area (Å²) in [6, 6.07) is 8.22. The number of nitrogens with one attached hydrogen (secondary N) is 1. The number of likely N-dealkylation sites (N-methyl/N-ethyl adjacent to an activating group) is 1. The van der Waals surface area contributed by atoms with Crippen LogP contribution in [0.5, 0.6) is 5.75 Å². The fourth-order valence-electron chi connectivity index (χ4n) is 3.18. The van der Waals surface area contributed by atoms with E-state index >= 15 is 0 Å². The maximum Gasteiger partial charge on any atom is 0.140 e. The Morgan fingerprint density at radius 3 is 3.05 bits per heavy atom. The van der Waals surface area contributed by atoms with Gasteiger partial charge in [-0.15, -0.1) is 0 Å². The molecule has 1 aromatic carbocycles. The number of ether oxygens (including phenoxy) is 2. The van der Waals surface area contributed by atoms with Crippen LogP contribution in [-0.2, 0) is 9.53 Å². The Bertz CT molecular complexity index is 488. The molecule has 1 fully saturated rings. The molecule has 0 bridgehead atoms. The van der Waals surface area contributed by atoms with E-state index in [9.17, 15) is 4.79 Å². The van der Waals surface area contributed by atoms with E-state index in [0.717, 1.165) is 12.2 Å². The van der Waals surface area contributed by atoms with Crippen LogP contribution in [0.25, 0.3) is 0 Å². The van der Waals surface area contributed by atoms with E-state index in [4.69, 9.17) is 9.47 Å². The summed E-state index contributed by atoms with van der Waals surface area (Å²) in [6.45, 7) is 1.89. The minimum atomic E-state index is -0.00462. The van der Waals surface area contributed by atoms with Gasteiger partial charge in [0.15, 0.2) is 0 Å². The van der Waals surface area contributed by atoms with Gasteiger partial charge in [0.05, 0.1) is 25.7 Å². The smallest absolute Gasteiger partial charge is 0.140 e. The SMILES string of the molecule is CNC1COCC1C(=O)CC1CCOc2ccccc21. The second-order valence-corrected chi connectivity index (χ2v) is 5.58. The van der Waals surface area contributed by atoms with Crippen LogP contribution in [0.2, 0.25) is 0 Å². The summed E-state index contributed by atoms with van der Waals surface area (Å²) in [7, 11) is 1.89. The Morgan fingerprint density at radius 2 is 2.20 bits per heavy atom. The second-order valence-electron chi connectivity index (χ2n) is 5.58. The molecule has 108 valence electrons. The van der Waals surface area contributed by atoms with Crippen molar-refractivity contribution >= 4 is 5.78 Å². The molecule has 0 saturated carbocycles. The van der Waals surface area contributed by atoms with Gasteiger partial charge in [0.25, 0.3) is 0 Å². The van der Waals surface area contributed by atoms with E-state index in [2.05, 4.69) is 11.4 Å². The van der Waals surface area contributed by atoms with E-state index in [1.165, 1.54) is 5.56 Å². The number of para-hydroxylation sites is 1. The molecule has 3 rings (SSSR count). The normalized spacial score (nSPS) is 28.8. The molecule has 0 radical (unpaired) electrons. The Hall–Kier alpha value is -1.39. The van der Waals surface area contributed by atoms with Crippen molar-refractivity contribution in [2.24, 2.45) is 5.92 Å². The van der Waals surface area contributed by atoms with Gasteiger partial charge >= 0.3 is 0 Å². The highest BCUT2D eigenvalue weighted by molar-refractivity contribution is 5.83. The van der Waals surface area contributed by atoms with Crippen molar-refractivity contribution < 1.29 is 14.3 Å². The number of benzene rings is 1. The van der Waals surface area contributed by atoms with Crippen LogP contribution in [0.3, 0.4) is 0 Å². The fraction of sp³-hybridized carbons (Fsp3) is 0.562. The quantitative estimate of drug-likeness (QED) is 0.909. The van der Waals surface area contributed by atoms with E-state index in [1.54, 1.807) is 0 Å². The molecule has 4 nitrogen and oxygen atoms in total. The molecule has 20 heavy (non-hydrogen) atoms. The maximum absolute atomic E-state index is 12.5. The van der Waals surface area contributed by atoms with E-state index < -0.39 is 0 Å². The van der Waals surface area contributed by atoms with Gasteiger partial charge < -0.3 is 14.8 Å². The van der Waals surface area contributed by atoms with Crippen LogP contribution < -0.4 is 10.1 Å². The van der Waals surface area contributed by atoms with Gasteiger partial charge in [-0.25, -0.2) is 0 Å². The zero-order valence-electron chi connectivity index (χ0n) is 11.8. The topological polar surface area (TPSA) is 47.6 Å². The molecule has 3 atom stereocenters. The highest BCUT2D eigenvalue weighted by Crippen LogP contribution is 2.36. The highest BCUT2D eigenvalue weighted by atomic mass is 16.5. The number of hydrogen-bond donors (Lipinski definition) is 1. The number of carbonyl (C=O) groups excluding carboxylic acids is 1. The molecule has 0 spiro atoms. The van der Waals surface area contributed by atoms with Gasteiger partial charge in [0.2, 0.25) is 0 Å². The summed E-state index contributed by atoms with van der Waals surface area (Å²) in [5.41, 5.74) is 1.17. The predicted octanol–water partition coefficient (Wildman–Crippen LogP) is 1.75. The molecule has 1 saturated heterocycles. The van der Waals surface area contributed by atoms with Crippen molar-refractivity contribution in [3.8, 4) is 5.75 Å². The first kappa shape index (κ1) is 13.6. The number of hydrogen-bond acceptors (Lipinski definition) is 4. The summed E-state index contributed by atoms with van der Waals surface area (Å²) in [5.74, 6) is 1.52. The van der Waals surface area contributed by atoms with Crippen LogP contribution in [0.4, 0.5) is 0 Å². The van der Waals surface area contributed by atoms with Gasteiger partial charge in [0.1, 0.15) is 11.5 Å². The third-order valence-electron chi connectivity index (χ3n) is 4.40. The molecule has 1 N–H and O–H groups in total. The van der Waals surface area contributed by atoms with Crippen molar-refractivity contribution in [1.82, 2.24) is 5.32 Å². The molecule has 0 aromatic heterocycles. The summed E-state index contributed by atoms with van der Waals surface area (Å²) < 4.78 is 11.1. The number of fused-ring (bicyclic) bond motifs is 1. The molecule has 1 aromatic rings. The van der Waals surface area contributed by atoms with E-state index in [0.29, 0.717) is 32.0 Å². The van der Waals surface area contributed by atoms with Crippen molar-refractivity contribution in [1.29, 1.82) is 0 Å². The average molecular weight is 275 g/mol. The third kappa shape index (κ3) is 2.58. The molecule has 3 unspecified atom stereocenters. The maximum atomic E-state index is 12.5. The van der Waals surface area contributed by atoms with Crippen LogP contribution in [0, 0.1) is 5.92 Å². The first-order valence-corrected chi connectivity index (χ1v) is 7.29. The third-order valence-corrected chi connectivity index (χ3v) is 4.40. The van der Waals surface area contributed by atoms with Gasteiger partial charge in [0, 0.05) is 12.5 Å². The Balaban J connectivity index is 1.71. The summed E-state index contributed by atoms with van der Waals surface area (Å²) in [6.07, 6.45) is 1.51. The number of ketones is 1. The van der Waals surface area contributed by atoms with Gasteiger partial charge in [-0.05, 0) is 31.0 Å². The zero-order valence-corrected chi connectivity index (χ0v) is 11.8. The second kappa shape index (κ2) is 5.94. The lowest BCUT2D eigenvalue weighted by molar-refractivity contribution is -0.123. The van der Waals surface area contributed by atoms with Crippen molar-refractivity contribution in [2.45, 2.75) is 24.8 Å². The largest absolute Gasteiger partial charge is 0.493 e. The van der Waals surface area contributed by atoms with Crippen molar-refractivity contribution in [3.63, 3.8) is 0 Å². The first-order chi connectivity index (χ1) is 9.79. The Kier molecular flexibility index (Phi) is 4.03. The number of carbonyl (C=O) groups is 1. The fourth-order valence-corrected chi connectivity index (χ4v) is 3.18. The molecular formula is C16H21NO3. The van der Waals surface area contributed by atoms with Crippen LogP contribution >= 0.6 is 0 Å². The van der Waals surface area contributed by atoms with Crippen molar-refractivity contribution in [2.75, 3.05) is 26.9 Å². The molecule has 2 aliphatic heterocycles. The minimum Gasteiger partial charge on any atom is -0.493 e. The van der Waals surface area contributed by atoms with E-state index in [1.807, 2.05) is 25.2 Å². The zero-order chi connectivity index (χ0) is 13.9. The summed E-state index contributed by atoms with van der Waals surface area (Å²) in [5, 5.41) is 3.18. The van der Waals surface area contributed by atoms with Crippen LogP contribution in [0.1, 0.15) is 24.3 Å². The highest BCUT2D eigenvalue weighted by Gasteiger charge is 2.34. The molecule has 2 aliphatic rings. The molecule has 4 heteroatoms. The van der Waals surface area contributed by atoms with Crippen LogP contribution in [-0.4, -0.2) is 38.7 Å². The van der Waals surface area contributed by atoms with Gasteiger partial charge in [-0.3, -0.25) is 4.79 Å². The number of rotatable bonds is 4. The monoisotopic (exact) mass is 275 g/mol. The van der Waals surface area contributed by atoms with Crippen LogP contribution in [0.15, 0.2) is 24.3 Å². The van der Waals surface area contributed by atoms with Crippen molar-refractivity contribution in [3.05, 3.63) is 29.8 Å². The Labute approximate surface area is 119 Å². The first-order valence-electron chi connectivity index (χ1n) is 7.29. The Morgan fingerprint density at radius 1 is 1.35 bits per heavy atom. The lowest BCUT2D eigenvalue weighted by Gasteiger charge is -2.26. The molecule has 0 aliphatic carbocycles. The van der Waals surface area contributed by atoms with Gasteiger partial charge in [-0.1, -0.05) is 18.2 Å². The molecular weight excluding hydrogens is 254 g/mol. The van der Waals surface area contributed by atoms with E-state index in [-0.39, 0.29) is 17.9 Å². The lowest BCUT2D eigenvalue weighted by Crippen LogP contribution is -2.37. The molecule has 2 heterocycles. The minimum absolute atomic E-state index is 0.00462. The standard InChI is InChI=1S/C16H21NO3/c1-17-14-10-19-9-13(14)15(18)8-11-6-7-20-16-5-3-2-4-12(11)16/h2-5,11,13-14,17H,6-10H2,1H3. The number of Topliss-reactive ketones (excluding diaryl/α,β-unsaturated/α-hetero) is 1. The predicted molar refractivity (Wildman–Crippen MR) is 76.1 cm³/mol. The molecule has 0 amide bonds. The average Bonchev–Trinajstić information content (AvgIpc) is 2.96.